The van der Waals surface area contributed by atoms with Crippen molar-refractivity contribution in [2.75, 3.05) is 0 Å². The minimum Gasteiger partial charge on any atom is -0.361 e. The third-order valence-corrected chi connectivity index (χ3v) is 5.06. The summed E-state index contributed by atoms with van der Waals surface area (Å²) >= 11 is 9.54. The maximum atomic E-state index is 11.6. The number of halogens is 5. The van der Waals surface area contributed by atoms with Gasteiger partial charge in [-0.3, -0.25) is 34.6 Å². The predicted molar refractivity (Wildman–Crippen MR) is 189 cm³/mol. The molecule has 2 aliphatic rings. The molecule has 0 aliphatic carbocycles. The fraction of sp³-hybridized carbons (Fsp3) is 0.115. The number of aromatic nitrogens is 2. The predicted octanol–water partition coefficient (Wildman–Crippen LogP) is 3.30. The summed E-state index contributed by atoms with van der Waals surface area (Å²) in [5.41, 5.74) is 3.10. The molecule has 1 atom stereocenters. The van der Waals surface area contributed by atoms with E-state index in [1.54, 1.807) is 0 Å². The van der Waals surface area contributed by atoms with Crippen molar-refractivity contribution < 1.29 is 42.3 Å². The molecule has 0 radical (unpaired) electrons. The average Bonchev–Trinajstić information content (AvgIpc) is 3.73. The number of aromatic amines is 2. The molecule has 4 amide bonds. The van der Waals surface area contributed by atoms with Gasteiger partial charge in [0.05, 0.1) is 5.92 Å². The van der Waals surface area contributed by atoms with Crippen LogP contribution in [0, 0.1) is 0 Å². The quantitative estimate of drug-likeness (QED) is 0.145. The van der Waals surface area contributed by atoms with E-state index >= 15 is 0 Å². The molecule has 5 N–H and O–H groups in total. The second kappa shape index (κ2) is 21.4. The minimum absolute atomic E-state index is 0.194. The standard InChI is InChI=1S/C12H10N2O2.C8H7N.C4H3NO2.C2H4O2.I3.I2/c15-11-5-8(12(16)14-11)9-6-13-10-4-2-1-3-7(9)10;1-2-4-8-7(3-1)5-6-9-8;6-3-1-2-4(7)5-3;1-2(3)4;1-3-2;1-2/h1-4,6,8,13H,5H2,(H,14,15,16);1-6,9H;1-2H,(H,5,6,7);1H3,(H,3,4);;/q;;;;-1;. The number of carboxylic acids is 1. The maximum absolute atomic E-state index is 11.6. The van der Waals surface area contributed by atoms with E-state index in [1.807, 2.05) is 54.1 Å². The first-order valence-corrected chi connectivity index (χ1v) is 30.2. The van der Waals surface area contributed by atoms with E-state index in [9.17, 15) is 19.2 Å². The van der Waals surface area contributed by atoms with Crippen molar-refractivity contribution in [3.8, 4) is 0 Å². The van der Waals surface area contributed by atoms with Crippen LogP contribution in [0.3, 0.4) is 0 Å². The number of amides is 4. The van der Waals surface area contributed by atoms with Crippen molar-refractivity contribution in [3.63, 3.8) is 0 Å². The molecule has 6 rings (SSSR count). The van der Waals surface area contributed by atoms with Crippen LogP contribution in [0.25, 0.3) is 21.8 Å². The Hall–Kier alpha value is -1.34. The molecular weight excluding hydrogens is 1100 g/mol. The van der Waals surface area contributed by atoms with E-state index in [2.05, 4.69) is 108 Å². The molecule has 2 aromatic carbocycles. The number of nitrogens with one attached hydrogen (secondary N) is 4. The van der Waals surface area contributed by atoms with Gasteiger partial charge in [-0.1, -0.05) is 36.4 Å². The molecule has 15 heteroatoms. The molecule has 10 nitrogen and oxygen atoms in total. The van der Waals surface area contributed by atoms with Crippen molar-refractivity contribution in [2.24, 2.45) is 0 Å². The van der Waals surface area contributed by atoms with Gasteiger partial charge in [-0.05, 0) is 29.1 Å². The zero-order chi connectivity index (χ0) is 30.8. The maximum Gasteiger partial charge on any atom is 0.250 e. The van der Waals surface area contributed by atoms with Gasteiger partial charge in [-0.25, -0.2) is 0 Å². The Labute approximate surface area is 288 Å². The van der Waals surface area contributed by atoms with Gasteiger partial charge in [0.15, 0.2) is 0 Å². The number of carbonyl (C=O) groups excluding carboxylic acids is 4. The van der Waals surface area contributed by atoms with Crippen molar-refractivity contribution in [2.45, 2.75) is 19.3 Å². The van der Waals surface area contributed by atoms with Gasteiger partial charge in [-0.15, -0.1) is 0 Å². The van der Waals surface area contributed by atoms with E-state index < -0.39 is 5.97 Å². The number of fused-ring (bicyclic) bond motifs is 2. The zero-order valence-corrected chi connectivity index (χ0v) is 32.0. The molecule has 2 aliphatic heterocycles. The van der Waals surface area contributed by atoms with Gasteiger partial charge in [-0.2, -0.15) is 0 Å². The van der Waals surface area contributed by atoms with Crippen LogP contribution >= 0.6 is 74.5 Å². The summed E-state index contributed by atoms with van der Waals surface area (Å²) in [6.45, 7) is 1.08. The van der Waals surface area contributed by atoms with Gasteiger partial charge in [0.1, 0.15) is 0 Å². The molecule has 2 aromatic heterocycles. The molecule has 1 fully saturated rings. The first-order valence-electron chi connectivity index (χ1n) is 11.3. The van der Waals surface area contributed by atoms with Crippen LogP contribution in [0.5, 0.6) is 0 Å². The van der Waals surface area contributed by atoms with Crippen LogP contribution in [-0.4, -0.2) is 44.7 Å². The van der Waals surface area contributed by atoms with E-state index in [0.29, 0.717) is 13.3 Å². The third-order valence-electron chi connectivity index (χ3n) is 5.06. The number of carboxylic acid groups (broad SMARTS) is 1. The molecule has 41 heavy (non-hydrogen) atoms. The minimum atomic E-state index is -0.833. The summed E-state index contributed by atoms with van der Waals surface area (Å²) < 4.78 is 0. The van der Waals surface area contributed by atoms with Gasteiger partial charge in [0, 0.05) is 91.5 Å². The third kappa shape index (κ3) is 14.1. The van der Waals surface area contributed by atoms with E-state index in [-0.39, 0.29) is 36.0 Å². The van der Waals surface area contributed by atoms with Crippen LogP contribution in [0.15, 0.2) is 79.1 Å². The Balaban J connectivity index is 0.000000287. The SMILES string of the molecule is CC(=O)O.II.I[I-]I.O=C1C=CC(=O)N1.O=C1CC(c2c[nH]c3ccccc23)C(=O)N1.c1ccc2[nH]ccc2c1. The van der Waals surface area contributed by atoms with Crippen LogP contribution < -0.4 is 23.9 Å². The smallest absolute Gasteiger partial charge is 0.250 e. The summed E-state index contributed by atoms with van der Waals surface area (Å²) in [6, 6.07) is 18.0. The fourth-order valence-corrected chi connectivity index (χ4v) is 3.54. The van der Waals surface area contributed by atoms with Crippen LogP contribution in [0.2, 0.25) is 0 Å². The summed E-state index contributed by atoms with van der Waals surface area (Å²) in [5, 5.41) is 14.1. The normalized spacial score (nSPS) is 14.5. The Morgan fingerprint density at radius 3 is 1.88 bits per heavy atom. The van der Waals surface area contributed by atoms with E-state index in [4.69, 9.17) is 9.90 Å². The number of aliphatic carboxylic acids is 1. The van der Waals surface area contributed by atoms with Crippen LogP contribution in [-0.2, 0) is 24.0 Å². The molecule has 1 unspecified atom stereocenters. The van der Waals surface area contributed by atoms with Gasteiger partial charge in [0.25, 0.3) is 17.8 Å². The van der Waals surface area contributed by atoms with Gasteiger partial charge in [0.2, 0.25) is 11.8 Å². The number of carbonyl (C=O) groups is 5. The summed E-state index contributed by atoms with van der Waals surface area (Å²) in [4.78, 5) is 58.0. The molecule has 0 saturated carbocycles. The second-order valence-corrected chi connectivity index (χ2v) is 24.0. The van der Waals surface area contributed by atoms with Crippen molar-refractivity contribution in [1.29, 1.82) is 0 Å². The number of para-hydroxylation sites is 2. The number of imide groups is 2. The van der Waals surface area contributed by atoms with Crippen LogP contribution in [0.4, 0.5) is 0 Å². The number of hydrogen-bond acceptors (Lipinski definition) is 5. The zero-order valence-electron chi connectivity index (χ0n) is 21.2. The monoisotopic (exact) mass is 1120 g/mol. The summed E-state index contributed by atoms with van der Waals surface area (Å²) in [5.74, 6) is -2.23. The van der Waals surface area contributed by atoms with Gasteiger partial charge >= 0.3 is 50.5 Å². The average molecular weight is 1120 g/mol. The molecule has 0 bridgehead atoms. The Kier molecular flexibility index (Phi) is 19.6. The largest absolute Gasteiger partial charge is 0.361 e. The second-order valence-electron chi connectivity index (χ2n) is 7.78. The first-order chi connectivity index (χ1) is 19.7. The number of rotatable bonds is 1. The molecule has 4 aromatic rings. The Bertz CT molecular complexity index is 1440. The molecule has 220 valence electrons. The number of benzene rings is 2. The summed E-state index contributed by atoms with van der Waals surface area (Å²) in [6.07, 6.45) is 6.41. The Morgan fingerprint density at radius 1 is 0.854 bits per heavy atom. The van der Waals surface area contributed by atoms with Crippen LogP contribution in [0.1, 0.15) is 24.8 Å². The number of H-pyrrole nitrogens is 2. The summed E-state index contributed by atoms with van der Waals surface area (Å²) in [7, 11) is 0. The van der Waals surface area contributed by atoms with Crippen molar-refractivity contribution >= 4 is 126 Å². The molecule has 1 saturated heterocycles. The topological polar surface area (TPSA) is 161 Å². The fourth-order valence-electron chi connectivity index (χ4n) is 3.54. The Morgan fingerprint density at radius 2 is 1.39 bits per heavy atom. The molecule has 0 spiro atoms. The van der Waals surface area contributed by atoms with E-state index in [0.717, 1.165) is 23.4 Å². The number of hydrogen-bond donors (Lipinski definition) is 5. The van der Waals surface area contributed by atoms with Crippen molar-refractivity contribution in [3.05, 3.63) is 84.7 Å². The molecular formula is C26H24I5N4O6-. The molecule has 4 heterocycles. The first kappa shape index (κ1) is 37.7. The van der Waals surface area contributed by atoms with E-state index in [1.165, 1.54) is 23.1 Å². The van der Waals surface area contributed by atoms with Crippen molar-refractivity contribution in [1.82, 2.24) is 20.6 Å². The van der Waals surface area contributed by atoms with Gasteiger partial charge < -0.3 is 15.1 Å².